The molecule has 0 spiro atoms. The molecular formula is C22H27N5O. The van der Waals surface area contributed by atoms with Gasteiger partial charge in [-0.3, -0.25) is 9.20 Å². The summed E-state index contributed by atoms with van der Waals surface area (Å²) in [5.74, 6) is -0.123. The molecule has 1 fully saturated rings. The van der Waals surface area contributed by atoms with E-state index < -0.39 is 0 Å². The van der Waals surface area contributed by atoms with Crippen molar-refractivity contribution < 1.29 is 4.79 Å². The lowest BCUT2D eigenvalue weighted by molar-refractivity contribution is 0.102. The number of hydrogen-bond acceptors (Lipinski definition) is 4. The molecule has 6 nitrogen and oxygen atoms in total. The lowest BCUT2D eigenvalue weighted by Crippen LogP contribution is -2.44. The highest BCUT2D eigenvalue weighted by Crippen LogP contribution is 2.21. The summed E-state index contributed by atoms with van der Waals surface area (Å²) in [6, 6.07) is 12.1. The number of aryl methyl sites for hydroxylation is 2. The van der Waals surface area contributed by atoms with Crippen molar-refractivity contribution in [2.24, 2.45) is 0 Å². The number of benzene rings is 1. The fourth-order valence-electron chi connectivity index (χ4n) is 3.75. The Bertz CT molecular complexity index is 984. The number of carbonyl (C=O) groups excluding carboxylic acids is 1. The van der Waals surface area contributed by atoms with Gasteiger partial charge < -0.3 is 15.1 Å². The molecule has 2 aromatic heterocycles. The van der Waals surface area contributed by atoms with Crippen molar-refractivity contribution in [3.63, 3.8) is 0 Å². The fourth-order valence-corrected chi connectivity index (χ4v) is 3.75. The number of hydrogen-bond donors (Lipinski definition) is 1. The smallest absolute Gasteiger partial charge is 0.274 e. The van der Waals surface area contributed by atoms with Gasteiger partial charge in [0.25, 0.3) is 5.91 Å². The van der Waals surface area contributed by atoms with Crippen LogP contribution in [0.2, 0.25) is 0 Å². The first-order chi connectivity index (χ1) is 13.6. The molecule has 28 heavy (non-hydrogen) atoms. The van der Waals surface area contributed by atoms with Gasteiger partial charge in [0.2, 0.25) is 0 Å². The number of anilines is 2. The van der Waals surface area contributed by atoms with Gasteiger partial charge in [0.05, 0.1) is 5.69 Å². The summed E-state index contributed by atoms with van der Waals surface area (Å²) in [5.41, 5.74) is 5.34. The van der Waals surface area contributed by atoms with Crippen LogP contribution >= 0.6 is 0 Å². The van der Waals surface area contributed by atoms with E-state index in [1.54, 1.807) is 0 Å². The van der Waals surface area contributed by atoms with E-state index in [-0.39, 0.29) is 5.91 Å². The third-order valence-corrected chi connectivity index (χ3v) is 5.46. The Morgan fingerprint density at radius 1 is 1.11 bits per heavy atom. The summed E-state index contributed by atoms with van der Waals surface area (Å²) in [6.07, 6.45) is 2.62. The first-order valence-corrected chi connectivity index (χ1v) is 9.88. The van der Waals surface area contributed by atoms with E-state index in [2.05, 4.69) is 39.3 Å². The maximum absolute atomic E-state index is 13.0. The summed E-state index contributed by atoms with van der Waals surface area (Å²) in [4.78, 5) is 22.4. The maximum Gasteiger partial charge on any atom is 0.274 e. The SMILES string of the molecule is CCc1nc2c(C)cccn2c1C(=O)Nc1ccc(N2CCN(C)CC2)cc1. The molecule has 1 amide bonds. The molecule has 0 atom stereocenters. The molecular weight excluding hydrogens is 350 g/mol. The van der Waals surface area contributed by atoms with E-state index in [0.29, 0.717) is 12.1 Å². The molecule has 0 bridgehead atoms. The van der Waals surface area contributed by atoms with E-state index in [1.165, 1.54) is 5.69 Å². The van der Waals surface area contributed by atoms with E-state index >= 15 is 0 Å². The summed E-state index contributed by atoms with van der Waals surface area (Å²) in [5, 5.41) is 3.04. The Balaban J connectivity index is 1.54. The van der Waals surface area contributed by atoms with Gasteiger partial charge in [-0.15, -0.1) is 0 Å². The average Bonchev–Trinajstić information content (AvgIpc) is 3.09. The predicted octanol–water partition coefficient (Wildman–Crippen LogP) is 3.21. The van der Waals surface area contributed by atoms with Gasteiger partial charge >= 0.3 is 0 Å². The molecule has 1 N–H and O–H groups in total. The van der Waals surface area contributed by atoms with Gasteiger partial charge in [0.15, 0.2) is 0 Å². The highest BCUT2D eigenvalue weighted by Gasteiger charge is 2.19. The van der Waals surface area contributed by atoms with Gasteiger partial charge in [-0.25, -0.2) is 4.98 Å². The Hall–Kier alpha value is -2.86. The fraction of sp³-hybridized carbons (Fsp3) is 0.364. The minimum Gasteiger partial charge on any atom is -0.369 e. The number of pyridine rings is 1. The zero-order valence-corrected chi connectivity index (χ0v) is 16.8. The van der Waals surface area contributed by atoms with E-state index in [0.717, 1.165) is 48.8 Å². The quantitative estimate of drug-likeness (QED) is 0.759. The van der Waals surface area contributed by atoms with Crippen molar-refractivity contribution in [2.45, 2.75) is 20.3 Å². The third-order valence-electron chi connectivity index (χ3n) is 5.46. The number of amides is 1. The van der Waals surface area contributed by atoms with Crippen molar-refractivity contribution in [2.75, 3.05) is 43.4 Å². The number of aromatic nitrogens is 2. The summed E-state index contributed by atoms with van der Waals surface area (Å²) >= 11 is 0. The second kappa shape index (κ2) is 7.64. The van der Waals surface area contributed by atoms with Gasteiger partial charge in [-0.2, -0.15) is 0 Å². The third kappa shape index (κ3) is 3.47. The Morgan fingerprint density at radius 2 is 1.82 bits per heavy atom. The van der Waals surface area contributed by atoms with Crippen LogP contribution in [-0.4, -0.2) is 53.4 Å². The summed E-state index contributed by atoms with van der Waals surface area (Å²) in [6.45, 7) is 8.25. The minimum absolute atomic E-state index is 0.123. The second-order valence-corrected chi connectivity index (χ2v) is 7.44. The second-order valence-electron chi connectivity index (χ2n) is 7.44. The molecule has 146 valence electrons. The molecule has 3 heterocycles. The topological polar surface area (TPSA) is 52.9 Å². The van der Waals surface area contributed by atoms with E-state index in [1.807, 2.05) is 48.7 Å². The van der Waals surface area contributed by atoms with Crippen LogP contribution in [0, 0.1) is 6.92 Å². The molecule has 3 aromatic rings. The van der Waals surface area contributed by atoms with Crippen LogP contribution in [0.25, 0.3) is 5.65 Å². The van der Waals surface area contributed by atoms with Crippen LogP contribution in [0.5, 0.6) is 0 Å². The molecule has 6 heteroatoms. The molecule has 1 aromatic carbocycles. The van der Waals surface area contributed by atoms with Crippen LogP contribution < -0.4 is 10.2 Å². The first kappa shape index (κ1) is 18.5. The average molecular weight is 377 g/mol. The predicted molar refractivity (Wildman–Crippen MR) is 113 cm³/mol. The number of nitrogens with zero attached hydrogens (tertiary/aromatic N) is 4. The summed E-state index contributed by atoms with van der Waals surface area (Å²) < 4.78 is 1.89. The Labute approximate surface area is 165 Å². The molecule has 1 saturated heterocycles. The molecule has 0 unspecified atom stereocenters. The van der Waals surface area contributed by atoms with Crippen molar-refractivity contribution >= 4 is 22.9 Å². The molecule has 1 aliphatic rings. The van der Waals surface area contributed by atoms with Gasteiger partial charge in [-0.05, 0) is 56.3 Å². The molecule has 0 saturated carbocycles. The number of rotatable bonds is 4. The lowest BCUT2D eigenvalue weighted by atomic mass is 10.2. The van der Waals surface area contributed by atoms with Crippen LogP contribution in [0.1, 0.15) is 28.7 Å². The standard InChI is InChI=1S/C22H27N5O/c1-4-19-20(27-11-5-6-16(2)21(27)24-19)22(28)23-17-7-9-18(10-8-17)26-14-12-25(3)13-15-26/h5-11H,4,12-15H2,1-3H3,(H,23,28). The molecule has 0 radical (unpaired) electrons. The lowest BCUT2D eigenvalue weighted by Gasteiger charge is -2.34. The molecule has 4 rings (SSSR count). The summed E-state index contributed by atoms with van der Waals surface area (Å²) in [7, 11) is 2.15. The van der Waals surface area contributed by atoms with E-state index in [9.17, 15) is 4.79 Å². The van der Waals surface area contributed by atoms with Crippen molar-refractivity contribution in [1.82, 2.24) is 14.3 Å². The van der Waals surface area contributed by atoms with E-state index in [4.69, 9.17) is 0 Å². The monoisotopic (exact) mass is 377 g/mol. The van der Waals surface area contributed by atoms with Crippen LogP contribution in [0.15, 0.2) is 42.6 Å². The van der Waals surface area contributed by atoms with Crippen LogP contribution in [0.3, 0.4) is 0 Å². The highest BCUT2D eigenvalue weighted by molar-refractivity contribution is 6.04. The minimum atomic E-state index is -0.123. The maximum atomic E-state index is 13.0. The van der Waals surface area contributed by atoms with Gasteiger partial charge in [-0.1, -0.05) is 13.0 Å². The highest BCUT2D eigenvalue weighted by atomic mass is 16.2. The first-order valence-electron chi connectivity index (χ1n) is 9.88. The number of piperazine rings is 1. The van der Waals surface area contributed by atoms with Crippen molar-refractivity contribution in [3.05, 3.63) is 59.5 Å². The number of fused-ring (bicyclic) bond motifs is 1. The number of carbonyl (C=O) groups is 1. The number of imidazole rings is 1. The van der Waals surface area contributed by atoms with Crippen molar-refractivity contribution in [3.8, 4) is 0 Å². The van der Waals surface area contributed by atoms with Gasteiger partial charge in [0, 0.05) is 43.8 Å². The van der Waals surface area contributed by atoms with Gasteiger partial charge in [0.1, 0.15) is 11.3 Å². The van der Waals surface area contributed by atoms with Crippen LogP contribution in [0.4, 0.5) is 11.4 Å². The zero-order chi connectivity index (χ0) is 19.7. The Kier molecular flexibility index (Phi) is 5.05. The largest absolute Gasteiger partial charge is 0.369 e. The number of likely N-dealkylation sites (N-methyl/N-ethyl adjacent to an activating group) is 1. The Morgan fingerprint density at radius 3 is 2.50 bits per heavy atom. The molecule has 0 aliphatic carbocycles. The normalized spacial score (nSPS) is 15.2. The zero-order valence-electron chi connectivity index (χ0n) is 16.8. The molecule has 1 aliphatic heterocycles. The number of nitrogens with one attached hydrogen (secondary N) is 1. The van der Waals surface area contributed by atoms with Crippen molar-refractivity contribution in [1.29, 1.82) is 0 Å². The van der Waals surface area contributed by atoms with Crippen LogP contribution in [-0.2, 0) is 6.42 Å².